The summed E-state index contributed by atoms with van der Waals surface area (Å²) in [6.07, 6.45) is -6.23. The lowest BCUT2D eigenvalue weighted by Crippen LogP contribution is -2.44. The number of ether oxygens (including phenoxy) is 2. The van der Waals surface area contributed by atoms with Crippen LogP contribution in [0.2, 0.25) is 0 Å². The van der Waals surface area contributed by atoms with Crippen LogP contribution in [0.15, 0.2) is 30.3 Å². The average Bonchev–Trinajstić information content (AvgIpc) is 2.76. The number of alkyl halides is 2. The lowest BCUT2D eigenvalue weighted by atomic mass is 9.89. The second-order valence-electron chi connectivity index (χ2n) is 7.85. The van der Waals surface area contributed by atoms with Crippen LogP contribution in [0.1, 0.15) is 29.9 Å². The SMILES string of the molecule is Cc1cc2ccc(C3CCC(C(F)(F)Oc4cc(F)c(F)c(F)c4)OC3)c(F)c2c(F)c1F. The Labute approximate surface area is 182 Å². The maximum Gasteiger partial charge on any atom is 0.424 e. The van der Waals surface area contributed by atoms with Gasteiger partial charge in [0.2, 0.25) is 0 Å². The molecule has 1 saturated heterocycles. The molecular formula is C23H16F8O2. The summed E-state index contributed by atoms with van der Waals surface area (Å²) in [6, 6.07) is 4.62. The van der Waals surface area contributed by atoms with Crippen molar-refractivity contribution in [2.45, 2.75) is 37.9 Å². The predicted octanol–water partition coefficient (Wildman–Crippen LogP) is 6.92. The van der Waals surface area contributed by atoms with Gasteiger partial charge in [0, 0.05) is 18.1 Å². The molecule has 0 aromatic heterocycles. The van der Waals surface area contributed by atoms with E-state index in [1.165, 1.54) is 25.1 Å². The van der Waals surface area contributed by atoms with Crippen LogP contribution in [-0.2, 0) is 4.74 Å². The maximum atomic E-state index is 15.0. The van der Waals surface area contributed by atoms with Crippen LogP contribution in [0, 0.1) is 41.8 Å². The summed E-state index contributed by atoms with van der Waals surface area (Å²) in [5.41, 5.74) is -0.00541. The van der Waals surface area contributed by atoms with E-state index in [1.54, 1.807) is 0 Å². The van der Waals surface area contributed by atoms with Crippen molar-refractivity contribution in [1.82, 2.24) is 0 Å². The largest absolute Gasteiger partial charge is 0.430 e. The molecule has 2 nitrogen and oxygen atoms in total. The van der Waals surface area contributed by atoms with Crippen LogP contribution < -0.4 is 4.74 Å². The standard InChI is InChI=1S/C23H16F8O2/c1-10-6-11-2-4-14(20(27)18(11)22(29)19(10)26)12-3-5-17(32-9-12)23(30,31)33-13-7-15(24)21(28)16(25)8-13/h2,4,6-8,12,17H,3,5,9H2,1H3. The van der Waals surface area contributed by atoms with Crippen LogP contribution in [0.3, 0.4) is 0 Å². The van der Waals surface area contributed by atoms with E-state index < -0.39 is 70.8 Å². The minimum Gasteiger partial charge on any atom is -0.430 e. The number of aryl methyl sites for hydroxylation is 1. The van der Waals surface area contributed by atoms with E-state index in [1.807, 2.05) is 0 Å². The van der Waals surface area contributed by atoms with Crippen molar-refractivity contribution in [3.05, 3.63) is 76.4 Å². The van der Waals surface area contributed by atoms with Crippen molar-refractivity contribution < 1.29 is 44.6 Å². The first kappa shape index (κ1) is 23.3. The highest BCUT2D eigenvalue weighted by atomic mass is 19.3. The molecule has 1 aliphatic heterocycles. The van der Waals surface area contributed by atoms with Crippen molar-refractivity contribution in [3.8, 4) is 5.75 Å². The summed E-state index contributed by atoms with van der Waals surface area (Å²) in [6.45, 7) is 0.948. The second kappa shape index (κ2) is 8.48. The Morgan fingerprint density at radius 3 is 2.12 bits per heavy atom. The van der Waals surface area contributed by atoms with Gasteiger partial charge in [-0.25, -0.2) is 26.3 Å². The second-order valence-corrected chi connectivity index (χ2v) is 7.85. The summed E-state index contributed by atoms with van der Waals surface area (Å²) >= 11 is 0. The molecule has 1 heterocycles. The van der Waals surface area contributed by atoms with Gasteiger partial charge in [-0.3, -0.25) is 0 Å². The Bertz CT molecular complexity index is 1200. The van der Waals surface area contributed by atoms with E-state index in [2.05, 4.69) is 4.74 Å². The third kappa shape index (κ3) is 4.23. The van der Waals surface area contributed by atoms with Crippen LogP contribution in [0.4, 0.5) is 35.1 Å². The number of rotatable bonds is 4. The van der Waals surface area contributed by atoms with E-state index >= 15 is 4.39 Å². The molecule has 1 aliphatic rings. The Morgan fingerprint density at radius 1 is 0.848 bits per heavy atom. The lowest BCUT2D eigenvalue weighted by molar-refractivity contribution is -0.262. The summed E-state index contributed by atoms with van der Waals surface area (Å²) in [5.74, 6) is -10.4. The van der Waals surface area contributed by atoms with E-state index in [9.17, 15) is 30.7 Å². The molecule has 0 bridgehead atoms. The monoisotopic (exact) mass is 476 g/mol. The van der Waals surface area contributed by atoms with Crippen molar-refractivity contribution in [1.29, 1.82) is 0 Å². The molecule has 33 heavy (non-hydrogen) atoms. The van der Waals surface area contributed by atoms with Gasteiger partial charge >= 0.3 is 6.11 Å². The van der Waals surface area contributed by atoms with Crippen LogP contribution in [0.25, 0.3) is 10.8 Å². The first-order valence-electron chi connectivity index (χ1n) is 9.89. The van der Waals surface area contributed by atoms with Gasteiger partial charge in [-0.15, -0.1) is 0 Å². The molecule has 1 fully saturated rings. The normalized spacial score (nSPS) is 19.2. The van der Waals surface area contributed by atoms with Gasteiger partial charge in [0.05, 0.1) is 12.0 Å². The molecule has 176 valence electrons. The first-order valence-corrected chi connectivity index (χ1v) is 9.89. The molecular weight excluding hydrogens is 460 g/mol. The third-order valence-electron chi connectivity index (χ3n) is 5.64. The van der Waals surface area contributed by atoms with E-state index in [0.717, 1.165) is 0 Å². The Morgan fingerprint density at radius 2 is 1.52 bits per heavy atom. The van der Waals surface area contributed by atoms with Crippen LogP contribution >= 0.6 is 0 Å². The van der Waals surface area contributed by atoms with Gasteiger partial charge in [-0.05, 0) is 42.3 Å². The van der Waals surface area contributed by atoms with Gasteiger partial charge in [-0.1, -0.05) is 12.1 Å². The minimum atomic E-state index is -4.03. The zero-order valence-corrected chi connectivity index (χ0v) is 17.0. The Hall–Kier alpha value is -2.88. The zero-order valence-electron chi connectivity index (χ0n) is 17.0. The minimum absolute atomic E-state index is 0.0131. The topological polar surface area (TPSA) is 18.5 Å². The highest BCUT2D eigenvalue weighted by molar-refractivity contribution is 5.85. The van der Waals surface area contributed by atoms with Crippen molar-refractivity contribution in [2.24, 2.45) is 0 Å². The molecule has 4 rings (SSSR count). The fourth-order valence-corrected chi connectivity index (χ4v) is 3.92. The number of hydrogen-bond donors (Lipinski definition) is 0. The molecule has 2 atom stereocenters. The molecule has 0 radical (unpaired) electrons. The van der Waals surface area contributed by atoms with Crippen LogP contribution in [-0.4, -0.2) is 18.8 Å². The molecule has 0 spiro atoms. The van der Waals surface area contributed by atoms with Crippen LogP contribution in [0.5, 0.6) is 5.75 Å². The summed E-state index contributed by atoms with van der Waals surface area (Å²) in [7, 11) is 0. The number of halogens is 8. The predicted molar refractivity (Wildman–Crippen MR) is 102 cm³/mol. The van der Waals surface area contributed by atoms with E-state index in [0.29, 0.717) is 0 Å². The van der Waals surface area contributed by atoms with Gasteiger partial charge in [0.25, 0.3) is 0 Å². The number of benzene rings is 3. The van der Waals surface area contributed by atoms with Gasteiger partial charge in [0.15, 0.2) is 35.2 Å². The number of fused-ring (bicyclic) bond motifs is 1. The Balaban J connectivity index is 1.52. The van der Waals surface area contributed by atoms with Crippen molar-refractivity contribution >= 4 is 10.8 Å². The third-order valence-corrected chi connectivity index (χ3v) is 5.64. The molecule has 0 aliphatic carbocycles. The van der Waals surface area contributed by atoms with Gasteiger partial charge in [-0.2, -0.15) is 8.78 Å². The molecule has 0 saturated carbocycles. The maximum absolute atomic E-state index is 15.0. The van der Waals surface area contributed by atoms with E-state index in [4.69, 9.17) is 4.74 Å². The molecule has 0 amide bonds. The molecule has 10 heteroatoms. The quantitative estimate of drug-likeness (QED) is 0.301. The van der Waals surface area contributed by atoms with Crippen molar-refractivity contribution in [2.75, 3.05) is 6.61 Å². The summed E-state index contributed by atoms with van der Waals surface area (Å²) < 4.78 is 121. The smallest absolute Gasteiger partial charge is 0.424 e. The Kier molecular flexibility index (Phi) is 5.98. The molecule has 3 aromatic rings. The molecule has 0 N–H and O–H groups in total. The average molecular weight is 476 g/mol. The lowest BCUT2D eigenvalue weighted by Gasteiger charge is -2.33. The highest BCUT2D eigenvalue weighted by Crippen LogP contribution is 2.39. The molecule has 2 unspecified atom stereocenters. The summed E-state index contributed by atoms with van der Waals surface area (Å²) in [5, 5.41) is -0.382. The first-order chi connectivity index (χ1) is 15.5. The zero-order chi connectivity index (χ0) is 24.1. The fourth-order valence-electron chi connectivity index (χ4n) is 3.92. The highest BCUT2D eigenvalue weighted by Gasteiger charge is 2.46. The number of hydrogen-bond acceptors (Lipinski definition) is 2. The van der Waals surface area contributed by atoms with Crippen molar-refractivity contribution in [3.63, 3.8) is 0 Å². The van der Waals surface area contributed by atoms with E-state index in [-0.39, 0.29) is 41.5 Å². The van der Waals surface area contributed by atoms with Gasteiger partial charge in [0.1, 0.15) is 11.6 Å². The van der Waals surface area contributed by atoms with Gasteiger partial charge < -0.3 is 9.47 Å². The summed E-state index contributed by atoms with van der Waals surface area (Å²) in [4.78, 5) is 0. The fraction of sp³-hybridized carbons (Fsp3) is 0.304. The molecule has 3 aromatic carbocycles.